The Kier molecular flexibility index (Phi) is 1.90. The van der Waals surface area contributed by atoms with E-state index in [0.717, 1.165) is 12.4 Å². The first-order valence-electron chi connectivity index (χ1n) is 3.93. The highest BCUT2D eigenvalue weighted by atomic mass is 32.2. The first kappa shape index (κ1) is 7.22. The van der Waals surface area contributed by atoms with E-state index >= 15 is 0 Å². The number of aliphatic imine (C=N–C) groups is 1. The molecule has 0 aromatic heterocycles. The Labute approximate surface area is 71.2 Å². The number of hydrogen-bond donors (Lipinski definition) is 1. The normalized spacial score (nSPS) is 23.9. The van der Waals surface area contributed by atoms with Crippen LogP contribution in [0, 0.1) is 0 Å². The molecule has 60 valence electrons. The van der Waals surface area contributed by atoms with Gasteiger partial charge in [-0.05, 0) is 24.7 Å². The Bertz CT molecular complexity index is 230. The van der Waals surface area contributed by atoms with Gasteiger partial charge in [0.2, 0.25) is 0 Å². The van der Waals surface area contributed by atoms with Crippen molar-refractivity contribution in [2.75, 3.05) is 18.1 Å². The van der Waals surface area contributed by atoms with Crippen molar-refractivity contribution in [3.05, 3.63) is 11.3 Å². The van der Waals surface area contributed by atoms with Crippen molar-refractivity contribution in [1.29, 1.82) is 0 Å². The van der Waals surface area contributed by atoms with Gasteiger partial charge in [0, 0.05) is 11.4 Å². The molecular formula is C8H12N2S. The number of thioether (sulfide) groups is 1. The summed E-state index contributed by atoms with van der Waals surface area (Å²) in [4.78, 5) is 4.35. The number of nitrogens with one attached hydrogen (secondary N) is 1. The number of rotatable bonds is 0. The minimum atomic E-state index is 0.932. The van der Waals surface area contributed by atoms with Gasteiger partial charge in [0.05, 0.1) is 12.4 Å². The molecule has 0 radical (unpaired) electrons. The SMILES string of the molecule is CC1=NCC2=C(CCSC2)N1. The first-order chi connectivity index (χ1) is 5.36. The summed E-state index contributed by atoms with van der Waals surface area (Å²) >= 11 is 2.01. The second kappa shape index (κ2) is 2.89. The summed E-state index contributed by atoms with van der Waals surface area (Å²) in [5.41, 5.74) is 2.95. The maximum absolute atomic E-state index is 4.35. The molecule has 0 saturated carbocycles. The largest absolute Gasteiger partial charge is 0.348 e. The maximum atomic E-state index is 4.35. The third-order valence-corrected chi connectivity index (χ3v) is 3.08. The lowest BCUT2D eigenvalue weighted by Gasteiger charge is -2.24. The zero-order valence-corrected chi connectivity index (χ0v) is 7.50. The van der Waals surface area contributed by atoms with Crippen molar-refractivity contribution in [3.8, 4) is 0 Å². The Morgan fingerprint density at radius 2 is 2.45 bits per heavy atom. The molecular weight excluding hydrogens is 156 g/mol. The van der Waals surface area contributed by atoms with Crippen LogP contribution in [0.4, 0.5) is 0 Å². The van der Waals surface area contributed by atoms with Crippen molar-refractivity contribution in [3.63, 3.8) is 0 Å². The van der Waals surface area contributed by atoms with E-state index in [9.17, 15) is 0 Å². The fourth-order valence-electron chi connectivity index (χ4n) is 1.40. The van der Waals surface area contributed by atoms with Crippen molar-refractivity contribution in [1.82, 2.24) is 5.32 Å². The molecule has 2 nitrogen and oxygen atoms in total. The Morgan fingerprint density at radius 3 is 3.36 bits per heavy atom. The smallest absolute Gasteiger partial charge is 0.0977 e. The number of allylic oxidation sites excluding steroid dienone is 1. The summed E-state index contributed by atoms with van der Waals surface area (Å²) in [5.74, 6) is 3.52. The van der Waals surface area contributed by atoms with E-state index in [1.165, 1.54) is 29.2 Å². The molecule has 0 saturated heterocycles. The Hall–Kier alpha value is -0.440. The van der Waals surface area contributed by atoms with Crippen LogP contribution in [-0.4, -0.2) is 23.9 Å². The minimum Gasteiger partial charge on any atom is -0.348 e. The molecule has 0 fully saturated rings. The average molecular weight is 168 g/mol. The van der Waals surface area contributed by atoms with Crippen molar-refractivity contribution in [2.45, 2.75) is 13.3 Å². The Balaban J connectivity index is 2.16. The van der Waals surface area contributed by atoms with Crippen molar-refractivity contribution < 1.29 is 0 Å². The van der Waals surface area contributed by atoms with Crippen LogP contribution in [0.1, 0.15) is 13.3 Å². The molecule has 0 spiro atoms. The second-order valence-corrected chi connectivity index (χ2v) is 4.02. The number of nitrogens with zero attached hydrogens (tertiary/aromatic N) is 1. The fourth-order valence-corrected chi connectivity index (χ4v) is 2.40. The van der Waals surface area contributed by atoms with Crippen LogP contribution in [0.2, 0.25) is 0 Å². The summed E-state index contributed by atoms with van der Waals surface area (Å²) < 4.78 is 0. The van der Waals surface area contributed by atoms with Gasteiger partial charge in [-0.15, -0.1) is 0 Å². The van der Waals surface area contributed by atoms with Crippen LogP contribution < -0.4 is 5.32 Å². The van der Waals surface area contributed by atoms with E-state index in [4.69, 9.17) is 0 Å². The number of amidine groups is 1. The van der Waals surface area contributed by atoms with Crippen LogP contribution in [0.3, 0.4) is 0 Å². The van der Waals surface area contributed by atoms with Gasteiger partial charge >= 0.3 is 0 Å². The molecule has 3 heteroatoms. The molecule has 2 aliphatic heterocycles. The topological polar surface area (TPSA) is 24.4 Å². The lowest BCUT2D eigenvalue weighted by molar-refractivity contribution is 0.875. The van der Waals surface area contributed by atoms with Gasteiger partial charge in [0.25, 0.3) is 0 Å². The highest BCUT2D eigenvalue weighted by Crippen LogP contribution is 2.23. The monoisotopic (exact) mass is 168 g/mol. The van der Waals surface area contributed by atoms with E-state index < -0.39 is 0 Å². The van der Waals surface area contributed by atoms with Crippen molar-refractivity contribution >= 4 is 17.6 Å². The third-order valence-electron chi connectivity index (χ3n) is 2.04. The standard InChI is InChI=1S/C8H12N2S/c1-6-9-4-7-5-11-3-2-8(7)10-6/h2-5H2,1H3,(H,9,10). The highest BCUT2D eigenvalue weighted by Gasteiger charge is 2.15. The molecule has 0 bridgehead atoms. The lowest BCUT2D eigenvalue weighted by atomic mass is 10.1. The molecule has 0 aromatic carbocycles. The molecule has 1 N–H and O–H groups in total. The summed E-state index contributed by atoms with van der Waals surface area (Å²) in [5, 5.41) is 3.33. The first-order valence-corrected chi connectivity index (χ1v) is 5.08. The van der Waals surface area contributed by atoms with E-state index in [1.807, 2.05) is 18.7 Å². The molecule has 2 rings (SSSR count). The van der Waals surface area contributed by atoms with Crippen molar-refractivity contribution in [2.24, 2.45) is 4.99 Å². The molecule has 0 aromatic rings. The predicted octanol–water partition coefficient (Wildman–Crippen LogP) is 1.40. The van der Waals surface area contributed by atoms with Crippen LogP contribution >= 0.6 is 11.8 Å². The molecule has 0 unspecified atom stereocenters. The second-order valence-electron chi connectivity index (χ2n) is 2.91. The molecule has 0 amide bonds. The zero-order chi connectivity index (χ0) is 7.68. The van der Waals surface area contributed by atoms with Gasteiger partial charge in [0.1, 0.15) is 0 Å². The zero-order valence-electron chi connectivity index (χ0n) is 6.68. The van der Waals surface area contributed by atoms with Crippen LogP contribution in [0.5, 0.6) is 0 Å². The van der Waals surface area contributed by atoms with Crippen LogP contribution in [-0.2, 0) is 0 Å². The van der Waals surface area contributed by atoms with Crippen LogP contribution in [0.25, 0.3) is 0 Å². The van der Waals surface area contributed by atoms with Gasteiger partial charge in [-0.1, -0.05) is 0 Å². The molecule has 11 heavy (non-hydrogen) atoms. The van der Waals surface area contributed by atoms with Gasteiger partial charge in [-0.25, -0.2) is 0 Å². The van der Waals surface area contributed by atoms with E-state index in [-0.39, 0.29) is 0 Å². The average Bonchev–Trinajstić information content (AvgIpc) is 2.04. The maximum Gasteiger partial charge on any atom is 0.0977 e. The summed E-state index contributed by atoms with van der Waals surface area (Å²) in [6.07, 6.45) is 1.20. The van der Waals surface area contributed by atoms with E-state index in [1.54, 1.807) is 0 Å². The quantitative estimate of drug-likeness (QED) is 0.591. The van der Waals surface area contributed by atoms with Crippen LogP contribution in [0.15, 0.2) is 16.3 Å². The molecule has 2 heterocycles. The molecule has 0 atom stereocenters. The molecule has 0 aliphatic carbocycles. The summed E-state index contributed by atoms with van der Waals surface area (Å²) in [6.45, 7) is 2.96. The van der Waals surface area contributed by atoms with Gasteiger partial charge in [-0.2, -0.15) is 11.8 Å². The fraction of sp³-hybridized carbons (Fsp3) is 0.625. The summed E-state index contributed by atoms with van der Waals surface area (Å²) in [7, 11) is 0. The van der Waals surface area contributed by atoms with E-state index in [2.05, 4.69) is 10.3 Å². The van der Waals surface area contributed by atoms with Gasteiger partial charge in [0.15, 0.2) is 0 Å². The van der Waals surface area contributed by atoms with Gasteiger partial charge < -0.3 is 5.32 Å². The highest BCUT2D eigenvalue weighted by molar-refractivity contribution is 7.99. The van der Waals surface area contributed by atoms with E-state index in [0.29, 0.717) is 0 Å². The third kappa shape index (κ3) is 1.43. The predicted molar refractivity (Wildman–Crippen MR) is 50.1 cm³/mol. The summed E-state index contributed by atoms with van der Waals surface area (Å²) in [6, 6.07) is 0. The number of hydrogen-bond acceptors (Lipinski definition) is 3. The Morgan fingerprint density at radius 1 is 1.55 bits per heavy atom. The van der Waals surface area contributed by atoms with Gasteiger partial charge in [-0.3, -0.25) is 4.99 Å². The lowest BCUT2D eigenvalue weighted by Crippen LogP contribution is -2.29. The minimum absolute atomic E-state index is 0.932. The molecule has 2 aliphatic rings.